The highest BCUT2D eigenvalue weighted by Gasteiger charge is 2.57. The van der Waals surface area contributed by atoms with Gasteiger partial charge in [-0.05, 0) is 86.1 Å². The summed E-state index contributed by atoms with van der Waals surface area (Å²) in [5.74, 6) is 2.76. The van der Waals surface area contributed by atoms with E-state index in [0.29, 0.717) is 35.4 Å². The summed E-state index contributed by atoms with van der Waals surface area (Å²) in [7, 11) is 1.67. The van der Waals surface area contributed by atoms with E-state index in [1.165, 1.54) is 19.3 Å². The Labute approximate surface area is 259 Å². The molecule has 4 aromatic rings. The lowest BCUT2D eigenvalue weighted by atomic mass is 9.49. The number of para-hydroxylation sites is 1. The number of hydrogen-bond donors (Lipinski definition) is 1. The average molecular weight is 637 g/mol. The third-order valence-corrected chi connectivity index (χ3v) is 10.9. The highest BCUT2D eigenvalue weighted by atomic mass is 79.9. The summed E-state index contributed by atoms with van der Waals surface area (Å²) in [6, 6.07) is 23.5. The number of carbonyl (C=O) groups excluding carboxylic acids is 1. The van der Waals surface area contributed by atoms with E-state index in [1.54, 1.807) is 12.1 Å². The molecule has 0 saturated heterocycles. The second-order valence-corrected chi connectivity index (χ2v) is 14.0. The average Bonchev–Trinajstić information content (AvgIpc) is 3.44. The summed E-state index contributed by atoms with van der Waals surface area (Å²) in [5.41, 5.74) is 4.05. The van der Waals surface area contributed by atoms with Crippen LogP contribution in [0.15, 0.2) is 87.2 Å². The Kier molecular flexibility index (Phi) is 6.37. The molecule has 1 amide bonds. The number of methoxy groups -OCH3 is 1. The number of hydrogen-bond acceptors (Lipinski definition) is 4. The van der Waals surface area contributed by atoms with Gasteiger partial charge in [-0.25, -0.2) is 5.01 Å². The summed E-state index contributed by atoms with van der Waals surface area (Å²) in [4.78, 5) is 31.9. The molecule has 6 nitrogen and oxygen atoms in total. The van der Waals surface area contributed by atoms with Crippen LogP contribution < -0.4 is 10.3 Å². The van der Waals surface area contributed by atoms with Crippen LogP contribution in [-0.4, -0.2) is 28.7 Å². The lowest BCUT2D eigenvalue weighted by Crippen LogP contribution is -2.53. The van der Waals surface area contributed by atoms with Gasteiger partial charge in [-0.2, -0.15) is 5.10 Å². The molecule has 4 bridgehead atoms. The maximum absolute atomic E-state index is 14.8. The number of H-pyrrole nitrogens is 1. The Morgan fingerprint density at radius 3 is 2.30 bits per heavy atom. The van der Waals surface area contributed by atoms with Crippen LogP contribution in [0.1, 0.15) is 62.1 Å². The van der Waals surface area contributed by atoms with Crippen LogP contribution in [0.4, 0.5) is 0 Å². The van der Waals surface area contributed by atoms with Gasteiger partial charge < -0.3 is 9.72 Å². The number of ether oxygens (including phenoxy) is 1. The van der Waals surface area contributed by atoms with Gasteiger partial charge in [0, 0.05) is 32.9 Å². The molecule has 1 aliphatic heterocycles. The van der Waals surface area contributed by atoms with Gasteiger partial charge in [0.05, 0.1) is 29.8 Å². The Balaban J connectivity index is 1.31. The fourth-order valence-corrected chi connectivity index (χ4v) is 9.45. The Morgan fingerprint density at radius 1 is 0.930 bits per heavy atom. The van der Waals surface area contributed by atoms with Crippen molar-refractivity contribution >= 4 is 38.5 Å². The van der Waals surface area contributed by atoms with Crippen LogP contribution >= 0.6 is 15.9 Å². The number of fused-ring (bicyclic) bond motifs is 1. The van der Waals surface area contributed by atoms with Gasteiger partial charge in [0.15, 0.2) is 0 Å². The van der Waals surface area contributed by atoms with Crippen LogP contribution in [-0.2, 0) is 4.79 Å². The van der Waals surface area contributed by atoms with Gasteiger partial charge in [0.2, 0.25) is 5.91 Å². The fraction of sp³-hybridized carbons (Fsp3) is 0.361. The van der Waals surface area contributed by atoms with Gasteiger partial charge in [0.1, 0.15) is 5.75 Å². The van der Waals surface area contributed by atoms with E-state index in [2.05, 4.69) is 20.9 Å². The molecule has 1 atom stereocenters. The van der Waals surface area contributed by atoms with Crippen molar-refractivity contribution in [1.82, 2.24) is 9.99 Å². The molecule has 4 aliphatic carbocycles. The monoisotopic (exact) mass is 635 g/mol. The third-order valence-electron chi connectivity index (χ3n) is 10.4. The minimum atomic E-state index is -0.364. The number of nitrogens with zero attached hydrogens (tertiary/aromatic N) is 2. The molecule has 43 heavy (non-hydrogen) atoms. The van der Waals surface area contributed by atoms with Crippen molar-refractivity contribution in [2.45, 2.75) is 51.0 Å². The number of hydrazone groups is 1. The molecule has 1 aromatic heterocycles. The lowest BCUT2D eigenvalue weighted by Gasteiger charge is -2.56. The van der Waals surface area contributed by atoms with Crippen LogP contribution in [0.5, 0.6) is 5.75 Å². The molecule has 218 valence electrons. The predicted molar refractivity (Wildman–Crippen MR) is 172 cm³/mol. The minimum Gasteiger partial charge on any atom is -0.496 e. The van der Waals surface area contributed by atoms with Crippen LogP contribution in [0, 0.1) is 23.2 Å². The molecule has 0 unspecified atom stereocenters. The van der Waals surface area contributed by atoms with E-state index in [0.717, 1.165) is 57.1 Å². The van der Waals surface area contributed by atoms with E-state index in [-0.39, 0.29) is 22.9 Å². The van der Waals surface area contributed by atoms with Gasteiger partial charge in [-0.1, -0.05) is 64.5 Å². The first-order chi connectivity index (χ1) is 20.9. The summed E-state index contributed by atoms with van der Waals surface area (Å²) < 4.78 is 6.73. The Bertz CT molecular complexity index is 1810. The quantitative estimate of drug-likeness (QED) is 0.242. The molecule has 7 heteroatoms. The maximum atomic E-state index is 14.8. The van der Waals surface area contributed by atoms with E-state index in [4.69, 9.17) is 9.84 Å². The molecular formula is C36H34BrN3O3. The molecule has 0 spiro atoms. The molecule has 9 rings (SSSR count). The smallest absolute Gasteiger partial charge is 0.258 e. The van der Waals surface area contributed by atoms with Crippen molar-refractivity contribution in [3.63, 3.8) is 0 Å². The molecule has 3 aromatic carbocycles. The first-order valence-corrected chi connectivity index (χ1v) is 16.2. The summed E-state index contributed by atoms with van der Waals surface area (Å²) >= 11 is 3.64. The molecular weight excluding hydrogens is 602 g/mol. The lowest BCUT2D eigenvalue weighted by molar-refractivity contribution is -0.159. The van der Waals surface area contributed by atoms with Crippen molar-refractivity contribution in [3.8, 4) is 16.9 Å². The first-order valence-electron chi connectivity index (χ1n) is 15.4. The second-order valence-electron chi connectivity index (χ2n) is 13.1. The highest BCUT2D eigenvalue weighted by Crippen LogP contribution is 2.61. The van der Waals surface area contributed by atoms with E-state index < -0.39 is 0 Å². The van der Waals surface area contributed by atoms with Crippen LogP contribution in [0.25, 0.3) is 22.0 Å². The molecule has 4 saturated carbocycles. The first kappa shape index (κ1) is 26.9. The van der Waals surface area contributed by atoms with Crippen molar-refractivity contribution < 1.29 is 9.53 Å². The van der Waals surface area contributed by atoms with Gasteiger partial charge >= 0.3 is 0 Å². The SMILES string of the molecule is COc1ccccc1[C@H]1CC(c2c(-c3ccccc3)c3cc(Br)ccc3[nH]c2=O)=NN1C(=O)C12CC3CC(CC(C3)C1)C2. The summed E-state index contributed by atoms with van der Waals surface area (Å²) in [6.07, 6.45) is 7.09. The largest absolute Gasteiger partial charge is 0.496 e. The van der Waals surface area contributed by atoms with E-state index in [1.807, 2.05) is 72.8 Å². The van der Waals surface area contributed by atoms with Crippen LogP contribution in [0.3, 0.4) is 0 Å². The minimum absolute atomic E-state index is 0.124. The van der Waals surface area contributed by atoms with Crippen molar-refractivity contribution in [2.24, 2.45) is 28.3 Å². The third kappa shape index (κ3) is 4.38. The number of nitrogens with one attached hydrogen (secondary N) is 1. The van der Waals surface area contributed by atoms with E-state index in [9.17, 15) is 9.59 Å². The zero-order valence-corrected chi connectivity index (χ0v) is 25.8. The van der Waals surface area contributed by atoms with Crippen molar-refractivity contribution in [3.05, 3.63) is 98.7 Å². The fourth-order valence-electron chi connectivity index (χ4n) is 9.09. The maximum Gasteiger partial charge on any atom is 0.258 e. The second kappa shape index (κ2) is 10.2. The number of halogens is 1. The predicted octanol–water partition coefficient (Wildman–Crippen LogP) is 7.86. The van der Waals surface area contributed by atoms with Crippen molar-refractivity contribution in [1.29, 1.82) is 0 Å². The van der Waals surface area contributed by atoms with Gasteiger partial charge in [-0.3, -0.25) is 9.59 Å². The molecule has 1 N–H and O–H groups in total. The van der Waals surface area contributed by atoms with Gasteiger partial charge in [-0.15, -0.1) is 0 Å². The van der Waals surface area contributed by atoms with E-state index >= 15 is 0 Å². The van der Waals surface area contributed by atoms with Crippen LogP contribution in [0.2, 0.25) is 0 Å². The normalized spacial score (nSPS) is 27.5. The number of pyridine rings is 1. The zero-order valence-electron chi connectivity index (χ0n) is 24.2. The molecule has 4 fully saturated rings. The number of carbonyl (C=O) groups is 1. The van der Waals surface area contributed by atoms with Crippen molar-refractivity contribution in [2.75, 3.05) is 7.11 Å². The summed E-state index contributed by atoms with van der Waals surface area (Å²) in [5, 5.41) is 7.82. The topological polar surface area (TPSA) is 74.8 Å². The number of benzene rings is 3. The highest BCUT2D eigenvalue weighted by molar-refractivity contribution is 9.10. The Hall–Kier alpha value is -3.71. The molecule has 5 aliphatic rings. The number of aromatic amines is 1. The summed E-state index contributed by atoms with van der Waals surface area (Å²) in [6.45, 7) is 0. The number of aromatic nitrogens is 1. The zero-order chi connectivity index (χ0) is 29.3. The Morgan fingerprint density at radius 2 is 1.60 bits per heavy atom. The van der Waals surface area contributed by atoms with Gasteiger partial charge in [0.25, 0.3) is 5.56 Å². The molecule has 0 radical (unpaired) electrons. The number of rotatable bonds is 5. The standard InChI is InChI=1S/C36H34BrN3O3/c1-43-31-10-6-5-9-26(31)30-17-29(39-40(30)35(42)36-18-21-13-22(19-36)15-23(14-21)20-36)33-32(24-7-3-2-4-8-24)27-16-25(37)11-12-28(27)38-34(33)41/h2-12,16,21-23,30H,13-15,17-20H2,1H3,(H,38,41)/t21?,22?,23?,30-,36?/m1/s1. The number of amides is 1. The molecule has 2 heterocycles.